The lowest BCUT2D eigenvalue weighted by molar-refractivity contribution is -0.237. The third kappa shape index (κ3) is 6.58. The molecule has 150 valence electrons. The second kappa shape index (κ2) is 11.6. The van der Waals surface area contributed by atoms with Crippen LogP contribution in [0.1, 0.15) is 84.1 Å². The molecular formula is C21H33F3O2. The number of hydrogen-bond donors (Lipinski definition) is 0. The van der Waals surface area contributed by atoms with Gasteiger partial charge >= 0.3 is 0 Å². The third-order valence-electron chi connectivity index (χ3n) is 4.73. The van der Waals surface area contributed by atoms with Gasteiger partial charge in [-0.2, -0.15) is 0 Å². The molecule has 26 heavy (non-hydrogen) atoms. The number of hydrogen-bond acceptors (Lipinski definition) is 2. The van der Waals surface area contributed by atoms with Crippen LogP contribution in [0.5, 0.6) is 0 Å². The summed E-state index contributed by atoms with van der Waals surface area (Å²) in [4.78, 5) is 0. The second-order valence-corrected chi connectivity index (χ2v) is 6.77. The first-order valence-electron chi connectivity index (χ1n) is 9.81. The first-order valence-corrected chi connectivity index (χ1v) is 9.81. The number of unbranched alkanes of at least 4 members (excludes halogenated alkanes) is 5. The second-order valence-electron chi connectivity index (χ2n) is 6.77. The van der Waals surface area contributed by atoms with Crippen LogP contribution in [0.25, 0.3) is 0 Å². The maximum Gasteiger partial charge on any atom is 0.172 e. The van der Waals surface area contributed by atoms with Gasteiger partial charge in [0.25, 0.3) is 0 Å². The quantitative estimate of drug-likeness (QED) is 0.282. The van der Waals surface area contributed by atoms with E-state index in [1.54, 1.807) is 6.92 Å². The smallest absolute Gasteiger partial charge is 0.172 e. The van der Waals surface area contributed by atoms with E-state index < -0.39 is 29.2 Å². The average Bonchev–Trinajstić information content (AvgIpc) is 2.55. The summed E-state index contributed by atoms with van der Waals surface area (Å²) in [5.74, 6) is -4.49. The van der Waals surface area contributed by atoms with Crippen molar-refractivity contribution in [2.24, 2.45) is 0 Å². The van der Waals surface area contributed by atoms with Crippen LogP contribution in [0.15, 0.2) is 12.1 Å². The molecule has 0 radical (unpaired) electrons. The first-order chi connectivity index (χ1) is 12.4. The topological polar surface area (TPSA) is 18.5 Å². The van der Waals surface area contributed by atoms with Gasteiger partial charge in [-0.1, -0.05) is 45.4 Å². The van der Waals surface area contributed by atoms with Gasteiger partial charge in [0.2, 0.25) is 0 Å². The average molecular weight is 374 g/mol. The molecule has 1 aromatic carbocycles. The van der Waals surface area contributed by atoms with E-state index in [0.29, 0.717) is 19.6 Å². The fourth-order valence-electron chi connectivity index (χ4n) is 3.50. The van der Waals surface area contributed by atoms with Gasteiger partial charge in [-0.15, -0.1) is 0 Å². The fraction of sp³-hybridized carbons (Fsp3) is 0.714. The van der Waals surface area contributed by atoms with E-state index in [4.69, 9.17) is 9.47 Å². The number of halogens is 3. The van der Waals surface area contributed by atoms with Crippen LogP contribution >= 0.6 is 0 Å². The van der Waals surface area contributed by atoms with Crippen LogP contribution in [0.2, 0.25) is 0 Å². The van der Waals surface area contributed by atoms with Crippen molar-refractivity contribution in [1.29, 1.82) is 0 Å². The molecule has 0 amide bonds. The fourth-order valence-corrected chi connectivity index (χ4v) is 3.50. The van der Waals surface area contributed by atoms with Crippen LogP contribution in [-0.2, 0) is 9.47 Å². The molecule has 0 N–H and O–H groups in total. The summed E-state index contributed by atoms with van der Waals surface area (Å²) < 4.78 is 53.8. The minimum absolute atomic E-state index is 0.149. The summed E-state index contributed by atoms with van der Waals surface area (Å²) in [6, 6.07) is 1.45. The van der Waals surface area contributed by atoms with Crippen LogP contribution < -0.4 is 0 Å². The van der Waals surface area contributed by atoms with Crippen molar-refractivity contribution in [3.05, 3.63) is 35.1 Å². The Kier molecular flexibility index (Phi) is 10.3. The maximum absolute atomic E-state index is 14.5. The molecule has 0 aliphatic rings. The highest BCUT2D eigenvalue weighted by Gasteiger charge is 2.39. The van der Waals surface area contributed by atoms with Crippen LogP contribution in [0, 0.1) is 17.5 Å². The standard InChI is InChI=1S/C21H33F3O2/c1-5-8-9-10-11-12-13-17(21(4,25-6-2)26-7-3)20-18(23)14-16(22)15-19(20)24/h14-15,17H,5-13H2,1-4H3. The van der Waals surface area contributed by atoms with Gasteiger partial charge in [-0.05, 0) is 27.2 Å². The Labute approximate surface area is 156 Å². The molecule has 1 atom stereocenters. The highest BCUT2D eigenvalue weighted by molar-refractivity contribution is 5.26. The predicted molar refractivity (Wildman–Crippen MR) is 98.7 cm³/mol. The molecule has 0 spiro atoms. The van der Waals surface area contributed by atoms with Gasteiger partial charge in [0.05, 0.1) is 0 Å². The normalized spacial score (nSPS) is 13.2. The Morgan fingerprint density at radius 3 is 1.85 bits per heavy atom. The van der Waals surface area contributed by atoms with Crippen molar-refractivity contribution in [2.45, 2.75) is 84.3 Å². The van der Waals surface area contributed by atoms with Crippen molar-refractivity contribution in [2.75, 3.05) is 13.2 Å². The number of benzene rings is 1. The summed E-state index contributed by atoms with van der Waals surface area (Å²) in [6.45, 7) is 8.21. The van der Waals surface area contributed by atoms with E-state index in [-0.39, 0.29) is 5.56 Å². The molecule has 0 fully saturated rings. The summed E-state index contributed by atoms with van der Waals surface area (Å²) >= 11 is 0. The van der Waals surface area contributed by atoms with E-state index in [0.717, 1.165) is 37.8 Å². The van der Waals surface area contributed by atoms with Crippen molar-refractivity contribution in [1.82, 2.24) is 0 Å². The Balaban J connectivity index is 3.05. The van der Waals surface area contributed by atoms with Crippen LogP contribution in [0.3, 0.4) is 0 Å². The highest BCUT2D eigenvalue weighted by atomic mass is 19.1. The lowest BCUT2D eigenvalue weighted by Gasteiger charge is -2.37. The highest BCUT2D eigenvalue weighted by Crippen LogP contribution is 2.39. The van der Waals surface area contributed by atoms with Crippen LogP contribution in [0.4, 0.5) is 13.2 Å². The summed E-state index contributed by atoms with van der Waals surface area (Å²) in [6.07, 6.45) is 6.92. The van der Waals surface area contributed by atoms with Crippen LogP contribution in [-0.4, -0.2) is 19.0 Å². The molecule has 2 nitrogen and oxygen atoms in total. The van der Waals surface area contributed by atoms with E-state index in [1.807, 2.05) is 13.8 Å². The minimum atomic E-state index is -1.16. The van der Waals surface area contributed by atoms with Crippen molar-refractivity contribution < 1.29 is 22.6 Å². The van der Waals surface area contributed by atoms with Crippen molar-refractivity contribution >= 4 is 0 Å². The number of rotatable bonds is 13. The predicted octanol–water partition coefficient (Wildman–Crippen LogP) is 6.73. The lowest BCUT2D eigenvalue weighted by Crippen LogP contribution is -2.40. The van der Waals surface area contributed by atoms with Crippen molar-refractivity contribution in [3.63, 3.8) is 0 Å². The molecule has 1 unspecified atom stereocenters. The summed E-state index contributed by atoms with van der Waals surface area (Å²) in [5.41, 5.74) is -0.149. The molecule has 0 aliphatic carbocycles. The monoisotopic (exact) mass is 374 g/mol. The third-order valence-corrected chi connectivity index (χ3v) is 4.73. The van der Waals surface area contributed by atoms with Gasteiger partial charge in [-0.25, -0.2) is 13.2 Å². The van der Waals surface area contributed by atoms with E-state index in [1.165, 1.54) is 12.8 Å². The SMILES string of the molecule is CCCCCCCCC(c1c(F)cc(F)cc1F)C(C)(OCC)OCC. The first kappa shape index (κ1) is 23.0. The summed E-state index contributed by atoms with van der Waals surface area (Å²) in [7, 11) is 0. The molecule has 0 saturated carbocycles. The largest absolute Gasteiger partial charge is 0.350 e. The molecular weight excluding hydrogens is 341 g/mol. The zero-order valence-electron chi connectivity index (χ0n) is 16.5. The van der Waals surface area contributed by atoms with E-state index >= 15 is 0 Å². The molecule has 0 saturated heterocycles. The Bertz CT molecular complexity index is 505. The maximum atomic E-state index is 14.5. The Hall–Kier alpha value is -1.07. The molecule has 0 aromatic heterocycles. The molecule has 1 rings (SSSR count). The van der Waals surface area contributed by atoms with E-state index in [9.17, 15) is 13.2 Å². The summed E-state index contributed by atoms with van der Waals surface area (Å²) in [5, 5.41) is 0. The van der Waals surface area contributed by atoms with E-state index in [2.05, 4.69) is 6.92 Å². The zero-order chi connectivity index (χ0) is 19.6. The van der Waals surface area contributed by atoms with Crippen molar-refractivity contribution in [3.8, 4) is 0 Å². The molecule has 1 aromatic rings. The van der Waals surface area contributed by atoms with Gasteiger partial charge in [0.15, 0.2) is 5.79 Å². The Morgan fingerprint density at radius 1 is 0.846 bits per heavy atom. The molecule has 0 bridgehead atoms. The zero-order valence-corrected chi connectivity index (χ0v) is 16.5. The van der Waals surface area contributed by atoms with Gasteiger partial charge in [0.1, 0.15) is 17.5 Å². The van der Waals surface area contributed by atoms with Gasteiger partial charge in [-0.3, -0.25) is 0 Å². The molecule has 0 aliphatic heterocycles. The molecule has 5 heteroatoms. The van der Waals surface area contributed by atoms with Gasteiger partial charge < -0.3 is 9.47 Å². The molecule has 0 heterocycles. The minimum Gasteiger partial charge on any atom is -0.350 e. The Morgan fingerprint density at radius 2 is 1.35 bits per heavy atom. The van der Waals surface area contributed by atoms with Gasteiger partial charge in [0, 0.05) is 36.8 Å². The lowest BCUT2D eigenvalue weighted by atomic mass is 9.85. The number of ether oxygens (including phenoxy) is 2.